The summed E-state index contributed by atoms with van der Waals surface area (Å²) < 4.78 is 11.4. The van der Waals surface area contributed by atoms with E-state index in [1.54, 1.807) is 30.3 Å². The van der Waals surface area contributed by atoms with Crippen molar-refractivity contribution in [3.63, 3.8) is 0 Å². The molecule has 0 aliphatic heterocycles. The van der Waals surface area contributed by atoms with Crippen LogP contribution >= 0.6 is 39.1 Å². The molecule has 116 valence electrons. The lowest BCUT2D eigenvalue weighted by Gasteiger charge is -2.12. The van der Waals surface area contributed by atoms with E-state index in [0.29, 0.717) is 27.4 Å². The molecule has 0 aliphatic carbocycles. The lowest BCUT2D eigenvalue weighted by atomic mass is 10.2. The molecule has 22 heavy (non-hydrogen) atoms. The van der Waals surface area contributed by atoms with E-state index in [2.05, 4.69) is 15.9 Å². The molecule has 2 aromatic carbocycles. The predicted molar refractivity (Wildman–Crippen MR) is 91.3 cm³/mol. The SMILES string of the molecule is CCCOc1ccccc1C(=O)Oc1c(Cl)cc(Cl)cc1Br. The molecule has 0 amide bonds. The number of rotatable bonds is 5. The standard InChI is InChI=1S/C16H13BrCl2O3/c1-2-7-21-14-6-4-3-5-11(14)16(20)22-15-12(17)8-10(18)9-13(15)19/h3-6,8-9H,2,7H2,1H3. The molecule has 0 fully saturated rings. The molecule has 0 atom stereocenters. The average molecular weight is 404 g/mol. The van der Waals surface area contributed by atoms with Gasteiger partial charge in [0, 0.05) is 5.02 Å². The van der Waals surface area contributed by atoms with Crippen molar-refractivity contribution in [2.45, 2.75) is 13.3 Å². The molecule has 3 nitrogen and oxygen atoms in total. The molecule has 0 bridgehead atoms. The maximum atomic E-state index is 12.4. The fourth-order valence-electron chi connectivity index (χ4n) is 1.75. The van der Waals surface area contributed by atoms with Gasteiger partial charge in [-0.05, 0) is 46.6 Å². The van der Waals surface area contributed by atoms with E-state index in [1.807, 2.05) is 6.92 Å². The summed E-state index contributed by atoms with van der Waals surface area (Å²) in [6.07, 6.45) is 0.845. The summed E-state index contributed by atoms with van der Waals surface area (Å²) >= 11 is 15.2. The van der Waals surface area contributed by atoms with E-state index in [4.69, 9.17) is 32.7 Å². The first-order valence-electron chi connectivity index (χ1n) is 6.61. The van der Waals surface area contributed by atoms with Crippen molar-refractivity contribution < 1.29 is 14.3 Å². The minimum atomic E-state index is -0.545. The number of ether oxygens (including phenoxy) is 2. The largest absolute Gasteiger partial charge is 0.493 e. The van der Waals surface area contributed by atoms with E-state index in [0.717, 1.165) is 6.42 Å². The second-order valence-corrected chi connectivity index (χ2v) is 6.13. The first kappa shape index (κ1) is 17.1. The van der Waals surface area contributed by atoms with Gasteiger partial charge in [-0.1, -0.05) is 42.3 Å². The molecule has 0 saturated carbocycles. The van der Waals surface area contributed by atoms with Crippen molar-refractivity contribution in [1.82, 2.24) is 0 Å². The third-order valence-corrected chi connectivity index (χ3v) is 3.81. The number of para-hydroxylation sites is 1. The lowest BCUT2D eigenvalue weighted by molar-refractivity contribution is 0.0729. The number of benzene rings is 2. The Labute approximate surface area is 147 Å². The lowest BCUT2D eigenvalue weighted by Crippen LogP contribution is -2.11. The Hall–Kier alpha value is -1.23. The molecule has 0 radical (unpaired) electrons. The summed E-state index contributed by atoms with van der Waals surface area (Å²) in [5.74, 6) is 0.161. The van der Waals surface area contributed by atoms with Crippen molar-refractivity contribution in [2.75, 3.05) is 6.61 Å². The van der Waals surface area contributed by atoms with Crippen LogP contribution in [0.25, 0.3) is 0 Å². The first-order valence-corrected chi connectivity index (χ1v) is 8.16. The Kier molecular flexibility index (Phi) is 6.12. The van der Waals surface area contributed by atoms with Gasteiger partial charge in [0.25, 0.3) is 0 Å². The van der Waals surface area contributed by atoms with Crippen LogP contribution in [0.3, 0.4) is 0 Å². The van der Waals surface area contributed by atoms with Gasteiger partial charge < -0.3 is 9.47 Å². The molecule has 0 N–H and O–H groups in total. The summed E-state index contributed by atoms with van der Waals surface area (Å²) in [5.41, 5.74) is 0.342. The minimum absolute atomic E-state index is 0.223. The summed E-state index contributed by atoms with van der Waals surface area (Å²) in [6.45, 7) is 2.52. The molecule has 0 heterocycles. The van der Waals surface area contributed by atoms with Crippen LogP contribution in [0.1, 0.15) is 23.7 Å². The number of carbonyl (C=O) groups is 1. The van der Waals surface area contributed by atoms with Crippen LogP contribution in [0.15, 0.2) is 40.9 Å². The molecule has 0 spiro atoms. The van der Waals surface area contributed by atoms with Gasteiger partial charge in [-0.15, -0.1) is 0 Å². The number of hydrogen-bond acceptors (Lipinski definition) is 3. The van der Waals surface area contributed by atoms with Crippen LogP contribution in [0.5, 0.6) is 11.5 Å². The highest BCUT2D eigenvalue weighted by atomic mass is 79.9. The fraction of sp³-hybridized carbons (Fsp3) is 0.188. The summed E-state index contributed by atoms with van der Waals surface area (Å²) in [7, 11) is 0. The number of carbonyl (C=O) groups excluding carboxylic acids is 1. The predicted octanol–water partition coefficient (Wildman–Crippen LogP) is 5.76. The van der Waals surface area contributed by atoms with Crippen molar-refractivity contribution in [3.8, 4) is 11.5 Å². The first-order chi connectivity index (χ1) is 10.5. The zero-order valence-electron chi connectivity index (χ0n) is 11.7. The monoisotopic (exact) mass is 402 g/mol. The average Bonchev–Trinajstić information content (AvgIpc) is 2.48. The van der Waals surface area contributed by atoms with Crippen molar-refractivity contribution in [1.29, 1.82) is 0 Å². The summed E-state index contributed by atoms with van der Waals surface area (Å²) in [5, 5.41) is 0.697. The van der Waals surface area contributed by atoms with Gasteiger partial charge in [-0.3, -0.25) is 0 Å². The number of halogens is 3. The topological polar surface area (TPSA) is 35.5 Å². The van der Waals surface area contributed by atoms with Crippen LogP contribution in [0, 0.1) is 0 Å². The van der Waals surface area contributed by atoms with Gasteiger partial charge in [-0.25, -0.2) is 4.79 Å². The van der Waals surface area contributed by atoms with E-state index in [9.17, 15) is 4.79 Å². The molecule has 6 heteroatoms. The van der Waals surface area contributed by atoms with Crippen LogP contribution in [-0.2, 0) is 0 Å². The number of esters is 1. The Morgan fingerprint density at radius 2 is 1.95 bits per heavy atom. The molecule has 2 rings (SSSR count). The summed E-state index contributed by atoms with van der Waals surface area (Å²) in [6, 6.07) is 10.0. The summed E-state index contributed by atoms with van der Waals surface area (Å²) in [4.78, 5) is 12.4. The zero-order chi connectivity index (χ0) is 16.1. The minimum Gasteiger partial charge on any atom is -0.493 e. The van der Waals surface area contributed by atoms with Gasteiger partial charge in [0.05, 0.1) is 16.1 Å². The van der Waals surface area contributed by atoms with Gasteiger partial charge >= 0.3 is 5.97 Å². The van der Waals surface area contributed by atoms with E-state index < -0.39 is 5.97 Å². The Balaban J connectivity index is 2.27. The molecule has 0 saturated heterocycles. The highest BCUT2D eigenvalue weighted by Crippen LogP contribution is 2.37. The van der Waals surface area contributed by atoms with Crippen molar-refractivity contribution in [2.24, 2.45) is 0 Å². The van der Waals surface area contributed by atoms with Gasteiger partial charge in [0.15, 0.2) is 5.75 Å². The fourth-order valence-corrected chi connectivity index (χ4v) is 3.07. The molecule has 2 aromatic rings. The Bertz CT molecular complexity index is 666. The van der Waals surface area contributed by atoms with Gasteiger partial charge in [-0.2, -0.15) is 0 Å². The second kappa shape index (κ2) is 7.86. The van der Waals surface area contributed by atoms with E-state index in [-0.39, 0.29) is 10.8 Å². The van der Waals surface area contributed by atoms with Crippen molar-refractivity contribution >= 4 is 45.1 Å². The third kappa shape index (κ3) is 4.15. The van der Waals surface area contributed by atoms with E-state index >= 15 is 0 Å². The highest BCUT2D eigenvalue weighted by Gasteiger charge is 2.18. The van der Waals surface area contributed by atoms with Crippen LogP contribution < -0.4 is 9.47 Å². The smallest absolute Gasteiger partial charge is 0.347 e. The Morgan fingerprint density at radius 1 is 1.23 bits per heavy atom. The molecule has 0 unspecified atom stereocenters. The van der Waals surface area contributed by atoms with Crippen LogP contribution in [0.2, 0.25) is 10.0 Å². The van der Waals surface area contributed by atoms with Crippen molar-refractivity contribution in [3.05, 3.63) is 56.5 Å². The molecular formula is C16H13BrCl2O3. The second-order valence-electron chi connectivity index (χ2n) is 4.43. The zero-order valence-corrected chi connectivity index (χ0v) is 14.8. The third-order valence-electron chi connectivity index (χ3n) is 2.73. The molecule has 0 aliphatic rings. The number of hydrogen-bond donors (Lipinski definition) is 0. The maximum absolute atomic E-state index is 12.4. The highest BCUT2D eigenvalue weighted by molar-refractivity contribution is 9.10. The Morgan fingerprint density at radius 3 is 2.64 bits per heavy atom. The van der Waals surface area contributed by atoms with Crippen LogP contribution in [0.4, 0.5) is 0 Å². The molecular weight excluding hydrogens is 391 g/mol. The van der Waals surface area contributed by atoms with Crippen LogP contribution in [-0.4, -0.2) is 12.6 Å². The van der Waals surface area contributed by atoms with Gasteiger partial charge in [0.2, 0.25) is 0 Å². The molecule has 0 aromatic heterocycles. The quantitative estimate of drug-likeness (QED) is 0.470. The maximum Gasteiger partial charge on any atom is 0.347 e. The van der Waals surface area contributed by atoms with E-state index in [1.165, 1.54) is 6.07 Å². The normalized spacial score (nSPS) is 10.4. The van der Waals surface area contributed by atoms with Gasteiger partial charge in [0.1, 0.15) is 11.3 Å².